The zero-order valence-corrected chi connectivity index (χ0v) is 11.5. The molecule has 1 rings (SSSR count). The predicted molar refractivity (Wildman–Crippen MR) is 64.7 cm³/mol. The van der Waals surface area contributed by atoms with E-state index >= 15 is 0 Å². The third-order valence-corrected chi connectivity index (χ3v) is 8.17. The van der Waals surface area contributed by atoms with E-state index in [2.05, 4.69) is 37.9 Å². The van der Waals surface area contributed by atoms with Gasteiger partial charge < -0.3 is 4.12 Å². The van der Waals surface area contributed by atoms with Crippen molar-refractivity contribution in [3.63, 3.8) is 0 Å². The van der Waals surface area contributed by atoms with Gasteiger partial charge in [0, 0.05) is 0 Å². The number of hydrogen-bond acceptors (Lipinski definition) is 1. The van der Waals surface area contributed by atoms with Crippen molar-refractivity contribution in [3.05, 3.63) is 36.4 Å². The Morgan fingerprint density at radius 3 is 2.54 bits per heavy atom. The average Bonchev–Trinajstić information content (AvgIpc) is 2.18. The van der Waals surface area contributed by atoms with E-state index in [4.69, 9.17) is 4.12 Å². The molecule has 0 amide bonds. The molecule has 1 aromatic carbocycles. The molecular weight excluding hydrogens is 192 g/mol. The summed E-state index contributed by atoms with van der Waals surface area (Å²) in [5.74, 6) is 0. The zero-order chi connectivity index (χ0) is 9.90. The second-order valence-electron chi connectivity index (χ2n) is 3.51. The van der Waals surface area contributed by atoms with Crippen molar-refractivity contribution in [3.8, 4) is 0 Å². The molecule has 0 radical (unpaired) electrons. The van der Waals surface area contributed by atoms with Crippen molar-refractivity contribution in [2.75, 3.05) is 0 Å². The summed E-state index contributed by atoms with van der Waals surface area (Å²) < 4.78 is 5.70. The molecule has 0 saturated carbocycles. The van der Waals surface area contributed by atoms with Crippen LogP contribution < -0.4 is 5.19 Å². The molecule has 0 aromatic heterocycles. The molecule has 0 N–H and O–H groups in total. The molecule has 0 aliphatic rings. The van der Waals surface area contributed by atoms with Gasteiger partial charge in [0.1, 0.15) is 10.5 Å². The first-order valence-electron chi connectivity index (χ1n) is 4.39. The smallest absolute Gasteiger partial charge is 0.205 e. The molecule has 0 atom stereocenters. The lowest BCUT2D eigenvalue weighted by atomic mass is 10.2. The lowest BCUT2D eigenvalue weighted by Gasteiger charge is -2.23. The minimum Gasteiger partial charge on any atom is -0.460 e. The number of rotatable bonds is 3. The fraction of sp³-hybridized carbons (Fsp3) is 0.200. The van der Waals surface area contributed by atoms with Crippen molar-refractivity contribution in [2.45, 2.75) is 13.1 Å². The topological polar surface area (TPSA) is 9.23 Å². The molecular formula is C10H16OSi2. The first-order chi connectivity index (χ1) is 6.11. The van der Waals surface area contributed by atoms with Crippen LogP contribution in [-0.2, 0) is 4.12 Å². The molecule has 0 saturated heterocycles. The van der Waals surface area contributed by atoms with Gasteiger partial charge in [-0.2, -0.15) is 0 Å². The third-order valence-electron chi connectivity index (χ3n) is 2.34. The fourth-order valence-electron chi connectivity index (χ4n) is 1.33. The molecule has 0 heterocycles. The lowest BCUT2D eigenvalue weighted by Crippen LogP contribution is -2.45. The van der Waals surface area contributed by atoms with Crippen LogP contribution in [0.1, 0.15) is 5.56 Å². The lowest BCUT2D eigenvalue weighted by molar-refractivity contribution is 0.628. The second-order valence-corrected chi connectivity index (χ2v) is 8.70. The summed E-state index contributed by atoms with van der Waals surface area (Å²) in [6.45, 7) is 8.27. The Labute approximate surface area is 84.1 Å². The van der Waals surface area contributed by atoms with Gasteiger partial charge in [-0.05, 0) is 23.8 Å². The molecule has 1 nitrogen and oxygen atoms in total. The SMILES string of the molecule is C=Cc1ccccc1[Si](C)(C)O[SiH3]. The van der Waals surface area contributed by atoms with Crippen LogP contribution in [0.5, 0.6) is 0 Å². The van der Waals surface area contributed by atoms with Gasteiger partial charge in [-0.25, -0.2) is 0 Å². The summed E-state index contributed by atoms with van der Waals surface area (Å²) in [6, 6.07) is 8.36. The largest absolute Gasteiger partial charge is 0.460 e. The van der Waals surface area contributed by atoms with Gasteiger partial charge in [0.25, 0.3) is 0 Å². The highest BCUT2D eigenvalue weighted by atomic mass is 28.4. The average molecular weight is 208 g/mol. The highest BCUT2D eigenvalue weighted by molar-refractivity contribution is 6.86. The summed E-state index contributed by atoms with van der Waals surface area (Å²) >= 11 is 0. The zero-order valence-electron chi connectivity index (χ0n) is 8.50. The van der Waals surface area contributed by atoms with Crippen LogP contribution in [0.3, 0.4) is 0 Å². The quantitative estimate of drug-likeness (QED) is 0.675. The summed E-state index contributed by atoms with van der Waals surface area (Å²) in [4.78, 5) is 0. The Morgan fingerprint density at radius 1 is 1.38 bits per heavy atom. The van der Waals surface area contributed by atoms with Crippen LogP contribution in [0.15, 0.2) is 30.8 Å². The van der Waals surface area contributed by atoms with E-state index < -0.39 is 8.32 Å². The molecule has 13 heavy (non-hydrogen) atoms. The van der Waals surface area contributed by atoms with Gasteiger partial charge in [0.15, 0.2) is 0 Å². The molecule has 0 aliphatic heterocycles. The molecule has 0 aliphatic carbocycles. The summed E-state index contributed by atoms with van der Waals surface area (Å²) in [5.41, 5.74) is 1.22. The van der Waals surface area contributed by atoms with Gasteiger partial charge in [-0.3, -0.25) is 0 Å². The number of benzene rings is 1. The van der Waals surface area contributed by atoms with Gasteiger partial charge in [-0.15, -0.1) is 0 Å². The van der Waals surface area contributed by atoms with Crippen LogP contribution in [0, 0.1) is 0 Å². The van der Waals surface area contributed by atoms with Crippen molar-refractivity contribution < 1.29 is 4.12 Å². The van der Waals surface area contributed by atoms with E-state index in [1.54, 1.807) is 0 Å². The van der Waals surface area contributed by atoms with Crippen molar-refractivity contribution >= 4 is 30.1 Å². The number of hydrogen-bond donors (Lipinski definition) is 0. The van der Waals surface area contributed by atoms with Crippen LogP contribution in [0.25, 0.3) is 6.08 Å². The molecule has 0 spiro atoms. The molecule has 1 aromatic rings. The minimum atomic E-state index is -1.63. The predicted octanol–water partition coefficient (Wildman–Crippen LogP) is 1.04. The van der Waals surface area contributed by atoms with Gasteiger partial charge >= 0.3 is 0 Å². The third kappa shape index (κ3) is 2.18. The van der Waals surface area contributed by atoms with Gasteiger partial charge in [-0.1, -0.05) is 36.9 Å². The first kappa shape index (κ1) is 10.4. The van der Waals surface area contributed by atoms with E-state index in [-0.39, 0.29) is 0 Å². The first-order valence-corrected chi connectivity index (χ1v) is 8.11. The molecule has 0 bridgehead atoms. The maximum Gasteiger partial charge on any atom is 0.205 e. The fourth-order valence-corrected chi connectivity index (χ4v) is 3.59. The Balaban J connectivity index is 3.20. The van der Waals surface area contributed by atoms with Crippen LogP contribution in [0.4, 0.5) is 0 Å². The van der Waals surface area contributed by atoms with Crippen molar-refractivity contribution in [1.82, 2.24) is 0 Å². The van der Waals surface area contributed by atoms with E-state index in [9.17, 15) is 0 Å². The molecule has 0 unspecified atom stereocenters. The van der Waals surface area contributed by atoms with E-state index in [0.717, 1.165) is 10.5 Å². The molecule has 0 fully saturated rings. The molecule has 70 valence electrons. The Bertz CT molecular complexity index is 308. The van der Waals surface area contributed by atoms with Crippen LogP contribution in [0.2, 0.25) is 13.1 Å². The normalized spacial score (nSPS) is 11.5. The Kier molecular flexibility index (Phi) is 3.24. The summed E-state index contributed by atoms with van der Waals surface area (Å²) in [7, 11) is -0.818. The minimum absolute atomic E-state index is 0.810. The monoisotopic (exact) mass is 208 g/mol. The van der Waals surface area contributed by atoms with E-state index in [1.165, 1.54) is 10.8 Å². The standard InChI is InChI=1S/C10H16OSi2/c1-4-9-7-5-6-8-10(9)13(2,3)11-12/h4-8H,1H2,2-3,12H3. The Hall–Kier alpha value is -0.646. The van der Waals surface area contributed by atoms with Gasteiger partial charge in [0.05, 0.1) is 0 Å². The van der Waals surface area contributed by atoms with Crippen LogP contribution in [-0.4, -0.2) is 18.8 Å². The van der Waals surface area contributed by atoms with Crippen LogP contribution >= 0.6 is 0 Å². The summed E-state index contributed by atoms with van der Waals surface area (Å²) in [5, 5.41) is 1.35. The maximum absolute atomic E-state index is 5.70. The summed E-state index contributed by atoms with van der Waals surface area (Å²) in [6.07, 6.45) is 1.91. The highest BCUT2D eigenvalue weighted by Gasteiger charge is 2.24. The highest BCUT2D eigenvalue weighted by Crippen LogP contribution is 2.08. The maximum atomic E-state index is 5.70. The van der Waals surface area contributed by atoms with Crippen molar-refractivity contribution in [1.29, 1.82) is 0 Å². The Morgan fingerprint density at radius 2 is 2.00 bits per heavy atom. The van der Waals surface area contributed by atoms with Gasteiger partial charge in [0.2, 0.25) is 8.32 Å². The van der Waals surface area contributed by atoms with Crippen molar-refractivity contribution in [2.24, 2.45) is 0 Å². The van der Waals surface area contributed by atoms with E-state index in [0.29, 0.717) is 0 Å². The van der Waals surface area contributed by atoms with E-state index in [1.807, 2.05) is 12.1 Å². The molecule has 3 heteroatoms. The second kappa shape index (κ2) is 4.04.